The number of anilines is 2. The molecule has 178 valence electrons. The van der Waals surface area contributed by atoms with Crippen LogP contribution in [-0.2, 0) is 12.4 Å². The topological polar surface area (TPSA) is 29.0 Å². The Labute approximate surface area is 188 Å². The number of alkyl halides is 6. The molecular weight excluding hydrogens is 444 g/mol. The monoisotopic (exact) mass is 469 g/mol. The summed E-state index contributed by atoms with van der Waals surface area (Å²) in [5.74, 6) is 2.01. The van der Waals surface area contributed by atoms with Gasteiger partial charge in [0, 0.05) is 18.9 Å². The van der Waals surface area contributed by atoms with Gasteiger partial charge in [0.2, 0.25) is 0 Å². The maximum absolute atomic E-state index is 13.3. The Hall–Kier alpha value is -2.32. The number of aromatic nitrogens is 2. The molecule has 4 fully saturated rings. The fourth-order valence-electron chi connectivity index (χ4n) is 6.78. The third kappa shape index (κ3) is 4.55. The predicted molar refractivity (Wildman–Crippen MR) is 111 cm³/mol. The van der Waals surface area contributed by atoms with Gasteiger partial charge < -0.3 is 4.90 Å². The molecule has 0 unspecified atom stereocenters. The van der Waals surface area contributed by atoms with Crippen molar-refractivity contribution in [3.05, 3.63) is 47.8 Å². The van der Waals surface area contributed by atoms with Crippen LogP contribution in [0.4, 0.5) is 38.0 Å². The number of nitrogens with zero attached hydrogens (tertiary/aromatic N) is 3. The first kappa shape index (κ1) is 22.5. The Kier molecular flexibility index (Phi) is 5.36. The van der Waals surface area contributed by atoms with E-state index in [0.29, 0.717) is 24.2 Å². The smallest absolute Gasteiger partial charge is 0.311 e. The molecule has 2 aromatic rings. The lowest BCUT2D eigenvalue weighted by Crippen LogP contribution is -2.47. The zero-order chi connectivity index (χ0) is 23.4. The maximum atomic E-state index is 13.3. The van der Waals surface area contributed by atoms with Crippen molar-refractivity contribution in [1.29, 1.82) is 0 Å². The molecule has 2 heterocycles. The van der Waals surface area contributed by atoms with Crippen molar-refractivity contribution in [3.8, 4) is 0 Å². The summed E-state index contributed by atoms with van der Waals surface area (Å²) in [7, 11) is 0. The predicted octanol–water partition coefficient (Wildman–Crippen LogP) is 7.26. The van der Waals surface area contributed by atoms with Crippen LogP contribution in [0.25, 0.3) is 0 Å². The minimum absolute atomic E-state index is 0.0404. The zero-order valence-electron chi connectivity index (χ0n) is 18.0. The van der Waals surface area contributed by atoms with E-state index in [0.717, 1.165) is 55.9 Å². The molecule has 3 nitrogen and oxygen atoms in total. The fourth-order valence-corrected chi connectivity index (χ4v) is 6.78. The molecule has 4 saturated carbocycles. The summed E-state index contributed by atoms with van der Waals surface area (Å²) in [4.78, 5) is 9.60. The molecule has 0 spiro atoms. The Balaban J connectivity index is 1.47. The van der Waals surface area contributed by atoms with Crippen LogP contribution in [0.3, 0.4) is 0 Å². The van der Waals surface area contributed by atoms with Gasteiger partial charge in [0.05, 0.1) is 11.1 Å². The lowest BCUT2D eigenvalue weighted by Gasteiger charge is -2.57. The van der Waals surface area contributed by atoms with Gasteiger partial charge in [-0.3, -0.25) is 0 Å². The van der Waals surface area contributed by atoms with Crippen molar-refractivity contribution in [3.63, 3.8) is 0 Å². The Morgan fingerprint density at radius 1 is 0.758 bits per heavy atom. The van der Waals surface area contributed by atoms with Gasteiger partial charge in [0.1, 0.15) is 11.6 Å². The van der Waals surface area contributed by atoms with Crippen molar-refractivity contribution in [2.45, 2.75) is 57.3 Å². The van der Waals surface area contributed by atoms with Gasteiger partial charge in [0.15, 0.2) is 0 Å². The average Bonchev–Trinajstić information content (AvgIpc) is 2.72. The van der Waals surface area contributed by atoms with Crippen molar-refractivity contribution in [1.82, 2.24) is 9.97 Å². The summed E-state index contributed by atoms with van der Waals surface area (Å²) in [6, 6.07) is 3.50. The first-order chi connectivity index (χ1) is 15.5. The van der Waals surface area contributed by atoms with E-state index in [1.165, 1.54) is 24.2 Å². The van der Waals surface area contributed by atoms with Crippen molar-refractivity contribution < 1.29 is 26.3 Å². The third-order valence-corrected chi connectivity index (χ3v) is 7.73. The molecule has 2 aromatic heterocycles. The van der Waals surface area contributed by atoms with E-state index in [1.54, 1.807) is 0 Å². The van der Waals surface area contributed by atoms with Gasteiger partial charge >= 0.3 is 12.4 Å². The minimum Gasteiger partial charge on any atom is -0.311 e. The van der Waals surface area contributed by atoms with Crippen LogP contribution < -0.4 is 4.90 Å². The molecule has 0 N–H and O–H groups in total. The van der Waals surface area contributed by atoms with E-state index in [1.807, 2.05) is 0 Å². The van der Waals surface area contributed by atoms with Crippen molar-refractivity contribution >= 4 is 11.6 Å². The molecule has 4 aliphatic carbocycles. The van der Waals surface area contributed by atoms with E-state index in [2.05, 4.69) is 9.97 Å². The fraction of sp³-hybridized carbons (Fsp3) is 0.583. The average molecular weight is 469 g/mol. The highest BCUT2D eigenvalue weighted by molar-refractivity contribution is 5.57. The van der Waals surface area contributed by atoms with E-state index in [-0.39, 0.29) is 23.6 Å². The van der Waals surface area contributed by atoms with Crippen LogP contribution in [-0.4, -0.2) is 16.5 Å². The molecule has 0 amide bonds. The quantitative estimate of drug-likeness (QED) is 0.432. The van der Waals surface area contributed by atoms with E-state index >= 15 is 0 Å². The Bertz CT molecular complexity index is 923. The first-order valence-electron chi connectivity index (χ1n) is 11.3. The summed E-state index contributed by atoms with van der Waals surface area (Å²) in [5, 5.41) is 0. The number of pyridine rings is 2. The molecular formula is C24H25F6N3. The van der Waals surface area contributed by atoms with E-state index < -0.39 is 23.5 Å². The van der Waals surface area contributed by atoms with Crippen LogP contribution in [0.5, 0.6) is 0 Å². The Morgan fingerprint density at radius 2 is 1.18 bits per heavy atom. The molecule has 4 bridgehead atoms. The molecule has 33 heavy (non-hydrogen) atoms. The first-order valence-corrected chi connectivity index (χ1v) is 11.3. The van der Waals surface area contributed by atoms with Crippen LogP contribution in [0.15, 0.2) is 36.7 Å². The highest BCUT2D eigenvalue weighted by Crippen LogP contribution is 2.61. The minimum atomic E-state index is -4.58. The molecule has 0 aliphatic heterocycles. The summed E-state index contributed by atoms with van der Waals surface area (Å²) >= 11 is 0. The lowest BCUT2D eigenvalue weighted by atomic mass is 9.49. The maximum Gasteiger partial charge on any atom is 0.416 e. The largest absolute Gasteiger partial charge is 0.416 e. The van der Waals surface area contributed by atoms with Crippen molar-refractivity contribution in [2.24, 2.45) is 23.2 Å². The van der Waals surface area contributed by atoms with Gasteiger partial charge in [0.25, 0.3) is 0 Å². The zero-order valence-corrected chi connectivity index (χ0v) is 18.0. The second-order valence-electron chi connectivity index (χ2n) is 10.1. The molecule has 9 heteroatoms. The third-order valence-electron chi connectivity index (χ3n) is 7.73. The summed E-state index contributed by atoms with van der Waals surface area (Å²) in [6.45, 7) is 0.273. The summed E-state index contributed by atoms with van der Waals surface area (Å²) in [6.07, 6.45) is 0.693. The Morgan fingerprint density at radius 3 is 1.58 bits per heavy atom. The van der Waals surface area contributed by atoms with E-state index in [9.17, 15) is 26.3 Å². The van der Waals surface area contributed by atoms with Crippen LogP contribution >= 0.6 is 0 Å². The van der Waals surface area contributed by atoms with Gasteiger partial charge in [-0.1, -0.05) is 0 Å². The normalized spacial score (nSPS) is 28.8. The van der Waals surface area contributed by atoms with Crippen molar-refractivity contribution in [2.75, 3.05) is 11.4 Å². The van der Waals surface area contributed by atoms with Gasteiger partial charge in [-0.15, -0.1) is 0 Å². The highest BCUT2D eigenvalue weighted by atomic mass is 19.4. The van der Waals surface area contributed by atoms with Crippen LogP contribution in [0, 0.1) is 23.2 Å². The second kappa shape index (κ2) is 7.87. The molecule has 0 aromatic carbocycles. The molecule has 6 rings (SSSR count). The summed E-state index contributed by atoms with van der Waals surface area (Å²) < 4.78 is 80.0. The lowest BCUT2D eigenvalue weighted by molar-refractivity contribution is -0.138. The number of hydrogen-bond acceptors (Lipinski definition) is 3. The van der Waals surface area contributed by atoms with Gasteiger partial charge in [-0.05, 0) is 92.4 Å². The number of hydrogen-bond donors (Lipinski definition) is 0. The molecule has 0 atom stereocenters. The van der Waals surface area contributed by atoms with Gasteiger partial charge in [-0.25, -0.2) is 9.97 Å². The second-order valence-corrected chi connectivity index (χ2v) is 10.1. The number of halogens is 6. The van der Waals surface area contributed by atoms with Crippen LogP contribution in [0.2, 0.25) is 0 Å². The molecule has 4 aliphatic rings. The highest BCUT2D eigenvalue weighted by Gasteiger charge is 2.50. The van der Waals surface area contributed by atoms with Gasteiger partial charge in [-0.2, -0.15) is 26.3 Å². The number of rotatable bonds is 5. The van der Waals surface area contributed by atoms with E-state index in [4.69, 9.17) is 0 Å². The SMILES string of the molecule is FC(F)(F)c1ccnc(N(CCC23CC4CC(CC(C4)C2)C3)c2cc(C(F)(F)F)ccn2)c1. The molecule has 0 saturated heterocycles. The standard InChI is InChI=1S/C24H25F6N3/c25-23(26,27)18-1-4-31-20(10-18)33(21-11-19(2-5-32-21)24(28,29)30)6-3-22-12-15-7-16(13-22)9-17(8-15)14-22/h1-2,4-5,10-11,15-17H,3,6-9,12-14H2. The van der Waals surface area contributed by atoms with Crippen LogP contribution in [0.1, 0.15) is 56.1 Å². The summed E-state index contributed by atoms with van der Waals surface area (Å²) in [5.41, 5.74) is -1.67. The molecule has 0 radical (unpaired) electrons.